The molecule has 1 aromatic carbocycles. The van der Waals surface area contributed by atoms with Crippen LogP contribution >= 0.6 is 11.6 Å². The Labute approximate surface area is 86.0 Å². The molecule has 0 aliphatic rings. The molecular weight excluding hydrogens is 208 g/mol. The Hall–Kier alpha value is -1.42. The molecule has 14 heavy (non-hydrogen) atoms. The van der Waals surface area contributed by atoms with Crippen LogP contribution < -0.4 is 9.47 Å². The van der Waals surface area contributed by atoms with Crippen LogP contribution in [0.3, 0.4) is 0 Å². The number of ether oxygens (including phenoxy) is 2. The van der Waals surface area contributed by atoms with Crippen molar-refractivity contribution in [3.63, 3.8) is 0 Å². The van der Waals surface area contributed by atoms with Gasteiger partial charge in [-0.15, -0.1) is 0 Å². The van der Waals surface area contributed by atoms with E-state index in [4.69, 9.17) is 26.2 Å². The zero-order chi connectivity index (χ0) is 10.7. The lowest BCUT2D eigenvalue weighted by molar-refractivity contribution is 0.0692. The molecule has 1 rings (SSSR count). The average molecular weight is 217 g/mol. The van der Waals surface area contributed by atoms with Gasteiger partial charge in [-0.1, -0.05) is 11.6 Å². The Balaban J connectivity index is 3.40. The van der Waals surface area contributed by atoms with Gasteiger partial charge in [0.1, 0.15) is 5.56 Å². The van der Waals surface area contributed by atoms with Crippen LogP contribution in [-0.2, 0) is 0 Å². The van der Waals surface area contributed by atoms with Crippen molar-refractivity contribution < 1.29 is 19.4 Å². The van der Waals surface area contributed by atoms with Crippen LogP contribution in [0, 0.1) is 0 Å². The first-order chi connectivity index (χ1) is 6.61. The molecule has 0 heterocycles. The SMILES string of the molecule is COc1c(Cl)ccc(C(=O)O)c1OC. The summed E-state index contributed by atoms with van der Waals surface area (Å²) in [6.07, 6.45) is 0. The number of halogens is 1. The van der Waals surface area contributed by atoms with E-state index in [-0.39, 0.29) is 17.1 Å². The van der Waals surface area contributed by atoms with Crippen molar-refractivity contribution in [2.75, 3.05) is 14.2 Å². The molecule has 0 saturated heterocycles. The van der Waals surface area contributed by atoms with E-state index >= 15 is 0 Å². The molecule has 0 radical (unpaired) electrons. The van der Waals surface area contributed by atoms with E-state index in [1.807, 2.05) is 0 Å². The van der Waals surface area contributed by atoms with Crippen molar-refractivity contribution in [3.8, 4) is 11.5 Å². The number of rotatable bonds is 3. The summed E-state index contributed by atoms with van der Waals surface area (Å²) in [5.41, 5.74) is 0.0220. The van der Waals surface area contributed by atoms with Crippen molar-refractivity contribution in [1.29, 1.82) is 0 Å². The number of carboxylic acid groups (broad SMARTS) is 1. The number of carbonyl (C=O) groups is 1. The highest BCUT2D eigenvalue weighted by Crippen LogP contribution is 2.37. The fraction of sp³-hybridized carbons (Fsp3) is 0.222. The maximum Gasteiger partial charge on any atom is 0.339 e. The second-order valence-corrected chi connectivity index (χ2v) is 2.87. The monoisotopic (exact) mass is 216 g/mol. The van der Waals surface area contributed by atoms with Crippen LogP contribution in [0.1, 0.15) is 10.4 Å². The lowest BCUT2D eigenvalue weighted by Crippen LogP contribution is -2.02. The van der Waals surface area contributed by atoms with Gasteiger partial charge < -0.3 is 14.6 Å². The quantitative estimate of drug-likeness (QED) is 0.840. The Kier molecular flexibility index (Phi) is 3.19. The number of carboxylic acids is 1. The first-order valence-electron chi connectivity index (χ1n) is 3.75. The minimum Gasteiger partial charge on any atom is -0.492 e. The van der Waals surface area contributed by atoms with E-state index in [9.17, 15) is 4.79 Å². The smallest absolute Gasteiger partial charge is 0.339 e. The molecule has 0 aliphatic carbocycles. The van der Waals surface area contributed by atoms with Crippen molar-refractivity contribution >= 4 is 17.6 Å². The Morgan fingerprint density at radius 3 is 2.29 bits per heavy atom. The lowest BCUT2D eigenvalue weighted by Gasteiger charge is -2.11. The summed E-state index contributed by atoms with van der Waals surface area (Å²) in [6, 6.07) is 2.82. The summed E-state index contributed by atoms with van der Waals surface area (Å²) in [5, 5.41) is 9.14. The zero-order valence-corrected chi connectivity index (χ0v) is 8.46. The van der Waals surface area contributed by atoms with E-state index in [1.165, 1.54) is 26.4 Å². The molecule has 0 amide bonds. The summed E-state index contributed by atoms with van der Waals surface area (Å²) in [4.78, 5) is 10.8. The summed E-state index contributed by atoms with van der Waals surface area (Å²) in [7, 11) is 2.76. The van der Waals surface area contributed by atoms with Gasteiger partial charge in [-0.05, 0) is 12.1 Å². The molecule has 76 valence electrons. The molecule has 0 unspecified atom stereocenters. The second-order valence-electron chi connectivity index (χ2n) is 2.47. The molecule has 1 aromatic rings. The van der Waals surface area contributed by atoms with Crippen LogP contribution in [0.2, 0.25) is 5.02 Å². The van der Waals surface area contributed by atoms with Gasteiger partial charge >= 0.3 is 5.97 Å². The zero-order valence-electron chi connectivity index (χ0n) is 7.70. The third-order valence-electron chi connectivity index (χ3n) is 1.70. The van der Waals surface area contributed by atoms with Gasteiger partial charge in [-0.3, -0.25) is 0 Å². The molecule has 0 bridgehead atoms. The number of aromatic carboxylic acids is 1. The number of methoxy groups -OCH3 is 2. The molecule has 0 atom stereocenters. The van der Waals surface area contributed by atoms with Crippen molar-refractivity contribution in [2.24, 2.45) is 0 Å². The van der Waals surface area contributed by atoms with Gasteiger partial charge in [0.25, 0.3) is 0 Å². The van der Waals surface area contributed by atoms with E-state index in [0.29, 0.717) is 5.02 Å². The molecule has 0 saturated carbocycles. The molecular formula is C9H9ClO4. The van der Waals surface area contributed by atoms with Gasteiger partial charge in [0.15, 0.2) is 11.5 Å². The first kappa shape index (κ1) is 10.7. The van der Waals surface area contributed by atoms with Crippen molar-refractivity contribution in [3.05, 3.63) is 22.7 Å². The van der Waals surface area contributed by atoms with Gasteiger partial charge in [-0.2, -0.15) is 0 Å². The Bertz CT molecular complexity index is 362. The first-order valence-corrected chi connectivity index (χ1v) is 4.13. The number of hydrogen-bond acceptors (Lipinski definition) is 3. The Morgan fingerprint density at radius 2 is 1.86 bits per heavy atom. The molecule has 0 aromatic heterocycles. The van der Waals surface area contributed by atoms with Crippen LogP contribution in [0.4, 0.5) is 0 Å². The van der Waals surface area contributed by atoms with E-state index in [1.54, 1.807) is 0 Å². The van der Waals surface area contributed by atoms with Crippen LogP contribution in [0.25, 0.3) is 0 Å². The molecule has 4 nitrogen and oxygen atoms in total. The van der Waals surface area contributed by atoms with E-state index in [0.717, 1.165) is 0 Å². The van der Waals surface area contributed by atoms with Gasteiger partial charge in [0.2, 0.25) is 0 Å². The number of hydrogen-bond donors (Lipinski definition) is 1. The summed E-state index contributed by atoms with van der Waals surface area (Å²) in [5.74, 6) is -0.724. The minimum absolute atomic E-state index is 0.0220. The molecule has 5 heteroatoms. The highest BCUT2D eigenvalue weighted by molar-refractivity contribution is 6.32. The molecule has 0 spiro atoms. The summed E-state index contributed by atoms with van der Waals surface area (Å²) >= 11 is 5.79. The van der Waals surface area contributed by atoms with Gasteiger partial charge in [0.05, 0.1) is 19.2 Å². The fourth-order valence-corrected chi connectivity index (χ4v) is 1.33. The highest BCUT2D eigenvalue weighted by atomic mass is 35.5. The standard InChI is InChI=1S/C9H9ClO4/c1-13-7-5(9(11)12)3-4-6(10)8(7)14-2/h3-4H,1-2H3,(H,11,12). The van der Waals surface area contributed by atoms with E-state index < -0.39 is 5.97 Å². The van der Waals surface area contributed by atoms with Crippen molar-refractivity contribution in [2.45, 2.75) is 0 Å². The van der Waals surface area contributed by atoms with Gasteiger partial charge in [0, 0.05) is 0 Å². The van der Waals surface area contributed by atoms with Crippen LogP contribution in [-0.4, -0.2) is 25.3 Å². The third kappa shape index (κ3) is 1.75. The van der Waals surface area contributed by atoms with Crippen LogP contribution in [0.15, 0.2) is 12.1 Å². The molecule has 0 aliphatic heterocycles. The molecule has 1 N–H and O–H groups in total. The van der Waals surface area contributed by atoms with Gasteiger partial charge in [-0.25, -0.2) is 4.79 Å². The van der Waals surface area contributed by atoms with E-state index in [2.05, 4.69) is 0 Å². The topological polar surface area (TPSA) is 55.8 Å². The average Bonchev–Trinajstić information content (AvgIpc) is 2.16. The van der Waals surface area contributed by atoms with Crippen LogP contribution in [0.5, 0.6) is 11.5 Å². The summed E-state index contributed by atoms with van der Waals surface area (Å²) in [6.45, 7) is 0. The number of benzene rings is 1. The second kappa shape index (κ2) is 4.19. The summed E-state index contributed by atoms with van der Waals surface area (Å²) < 4.78 is 9.86. The minimum atomic E-state index is -1.09. The van der Waals surface area contributed by atoms with Crippen molar-refractivity contribution in [1.82, 2.24) is 0 Å². The Morgan fingerprint density at radius 1 is 1.29 bits per heavy atom. The largest absolute Gasteiger partial charge is 0.492 e. The fourth-order valence-electron chi connectivity index (χ4n) is 1.10. The normalized spacial score (nSPS) is 9.64. The maximum atomic E-state index is 10.8. The highest BCUT2D eigenvalue weighted by Gasteiger charge is 2.18. The maximum absolute atomic E-state index is 10.8. The lowest BCUT2D eigenvalue weighted by atomic mass is 10.2. The predicted molar refractivity (Wildman–Crippen MR) is 51.5 cm³/mol. The predicted octanol–water partition coefficient (Wildman–Crippen LogP) is 2.06. The molecule has 0 fully saturated rings. The third-order valence-corrected chi connectivity index (χ3v) is 2.00.